The molecule has 0 aromatic heterocycles. The van der Waals surface area contributed by atoms with Crippen LogP contribution in [0.25, 0.3) is 0 Å². The molecule has 2 unspecified atom stereocenters. The second-order valence-corrected chi connectivity index (χ2v) is 5.40. The zero-order valence-corrected chi connectivity index (χ0v) is 10.7. The van der Waals surface area contributed by atoms with Crippen LogP contribution in [0.4, 0.5) is 4.79 Å². The van der Waals surface area contributed by atoms with E-state index in [2.05, 4.69) is 17.6 Å². The Balaban J connectivity index is 2.46. The van der Waals surface area contributed by atoms with Gasteiger partial charge < -0.3 is 15.7 Å². The summed E-state index contributed by atoms with van der Waals surface area (Å²) in [6, 6.07) is -0.232. The fourth-order valence-electron chi connectivity index (χ4n) is 2.07. The number of aliphatic carboxylic acids is 1. The monoisotopic (exact) mass is 242 g/mol. The summed E-state index contributed by atoms with van der Waals surface area (Å²) in [5.74, 6) is -0.577. The van der Waals surface area contributed by atoms with Crippen molar-refractivity contribution >= 4 is 12.0 Å². The molecule has 2 atom stereocenters. The van der Waals surface area contributed by atoms with E-state index >= 15 is 0 Å². The Bertz CT molecular complexity index is 302. The molecule has 1 fully saturated rings. The molecular formula is C12H22N2O3. The Morgan fingerprint density at radius 1 is 1.24 bits per heavy atom. The smallest absolute Gasteiger partial charge is 0.328 e. The molecule has 2 amide bonds. The maximum Gasteiger partial charge on any atom is 0.328 e. The highest BCUT2D eigenvalue weighted by molar-refractivity contribution is 5.85. The van der Waals surface area contributed by atoms with Crippen molar-refractivity contribution in [3.05, 3.63) is 0 Å². The fraction of sp³-hybridized carbons (Fsp3) is 0.833. The minimum absolute atomic E-state index is 0.161. The van der Waals surface area contributed by atoms with Gasteiger partial charge in [0, 0.05) is 6.04 Å². The van der Waals surface area contributed by atoms with Crippen molar-refractivity contribution in [1.82, 2.24) is 10.6 Å². The van der Waals surface area contributed by atoms with Gasteiger partial charge in [0.15, 0.2) is 0 Å². The molecule has 5 nitrogen and oxygen atoms in total. The van der Waals surface area contributed by atoms with E-state index in [1.807, 2.05) is 0 Å². The Hall–Kier alpha value is -1.26. The molecule has 5 heteroatoms. The normalized spacial score (nSPS) is 25.1. The van der Waals surface area contributed by atoms with Gasteiger partial charge in [0.25, 0.3) is 0 Å². The summed E-state index contributed by atoms with van der Waals surface area (Å²) in [5.41, 5.74) is -1.23. The number of rotatable bonds is 3. The van der Waals surface area contributed by atoms with Gasteiger partial charge in [-0.15, -0.1) is 0 Å². The van der Waals surface area contributed by atoms with E-state index in [1.54, 1.807) is 0 Å². The van der Waals surface area contributed by atoms with E-state index in [-0.39, 0.29) is 6.04 Å². The second kappa shape index (κ2) is 5.38. The first-order valence-electron chi connectivity index (χ1n) is 6.15. The average molecular weight is 242 g/mol. The molecule has 1 aliphatic carbocycles. The number of carboxylic acids is 1. The van der Waals surface area contributed by atoms with Gasteiger partial charge in [0.05, 0.1) is 0 Å². The van der Waals surface area contributed by atoms with Crippen molar-refractivity contribution in [3.63, 3.8) is 0 Å². The number of nitrogens with one attached hydrogen (secondary N) is 2. The van der Waals surface area contributed by atoms with Gasteiger partial charge in [-0.2, -0.15) is 0 Å². The number of carboxylic acid groups (broad SMARTS) is 1. The van der Waals surface area contributed by atoms with E-state index in [1.165, 1.54) is 20.3 Å². The number of hydrogen-bond donors (Lipinski definition) is 3. The first kappa shape index (κ1) is 13.8. The van der Waals surface area contributed by atoms with E-state index < -0.39 is 17.5 Å². The minimum atomic E-state index is -1.23. The van der Waals surface area contributed by atoms with Crippen molar-refractivity contribution in [3.8, 4) is 0 Å². The molecule has 0 aliphatic heterocycles. The molecular weight excluding hydrogens is 220 g/mol. The highest BCUT2D eigenvalue weighted by atomic mass is 16.4. The zero-order chi connectivity index (χ0) is 13.1. The fourth-order valence-corrected chi connectivity index (χ4v) is 2.07. The van der Waals surface area contributed by atoms with Gasteiger partial charge in [0.2, 0.25) is 0 Å². The van der Waals surface area contributed by atoms with E-state index in [0.717, 1.165) is 19.3 Å². The molecule has 0 radical (unpaired) electrons. The Kier molecular flexibility index (Phi) is 4.37. The van der Waals surface area contributed by atoms with Crippen molar-refractivity contribution in [2.45, 2.75) is 58.0 Å². The van der Waals surface area contributed by atoms with Crippen molar-refractivity contribution in [1.29, 1.82) is 0 Å². The predicted molar refractivity (Wildman–Crippen MR) is 64.8 cm³/mol. The quantitative estimate of drug-likeness (QED) is 0.705. The lowest BCUT2D eigenvalue weighted by Crippen LogP contribution is -2.56. The van der Waals surface area contributed by atoms with Crippen LogP contribution < -0.4 is 10.6 Å². The molecule has 1 saturated carbocycles. The van der Waals surface area contributed by atoms with Crippen molar-refractivity contribution in [2.75, 3.05) is 0 Å². The number of hydrogen-bond acceptors (Lipinski definition) is 2. The lowest BCUT2D eigenvalue weighted by Gasteiger charge is -2.31. The first-order valence-corrected chi connectivity index (χ1v) is 6.15. The molecule has 17 heavy (non-hydrogen) atoms. The Morgan fingerprint density at radius 3 is 2.35 bits per heavy atom. The van der Waals surface area contributed by atoms with Crippen LogP contribution >= 0.6 is 0 Å². The topological polar surface area (TPSA) is 78.4 Å². The van der Waals surface area contributed by atoms with Crippen LogP contribution in [0.15, 0.2) is 0 Å². The summed E-state index contributed by atoms with van der Waals surface area (Å²) in [6.45, 7) is 5.06. The molecule has 0 spiro atoms. The van der Waals surface area contributed by atoms with Crippen LogP contribution in [0, 0.1) is 5.92 Å². The van der Waals surface area contributed by atoms with Crippen LogP contribution in [-0.4, -0.2) is 28.7 Å². The van der Waals surface area contributed by atoms with Crippen molar-refractivity contribution in [2.24, 2.45) is 5.92 Å². The highest BCUT2D eigenvalue weighted by Gasteiger charge is 2.30. The summed E-state index contributed by atoms with van der Waals surface area (Å²) in [7, 11) is 0. The second-order valence-electron chi connectivity index (χ2n) is 5.40. The van der Waals surface area contributed by atoms with E-state index in [9.17, 15) is 9.59 Å². The lowest BCUT2D eigenvalue weighted by atomic mass is 9.86. The molecule has 0 saturated heterocycles. The van der Waals surface area contributed by atoms with Crippen LogP contribution in [0.1, 0.15) is 46.5 Å². The summed E-state index contributed by atoms with van der Waals surface area (Å²) < 4.78 is 0. The van der Waals surface area contributed by atoms with Gasteiger partial charge in [0.1, 0.15) is 5.54 Å². The minimum Gasteiger partial charge on any atom is -0.480 e. The average Bonchev–Trinajstić information content (AvgIpc) is 2.20. The summed E-state index contributed by atoms with van der Waals surface area (Å²) >= 11 is 0. The Labute approximate surface area is 102 Å². The van der Waals surface area contributed by atoms with E-state index in [4.69, 9.17) is 5.11 Å². The summed E-state index contributed by atoms with van der Waals surface area (Å²) in [4.78, 5) is 22.6. The first-order chi connectivity index (χ1) is 7.83. The molecule has 0 aromatic rings. The van der Waals surface area contributed by atoms with Gasteiger partial charge in [-0.3, -0.25) is 0 Å². The van der Waals surface area contributed by atoms with Crippen molar-refractivity contribution < 1.29 is 14.7 Å². The van der Waals surface area contributed by atoms with Gasteiger partial charge >= 0.3 is 12.0 Å². The van der Waals surface area contributed by atoms with Crippen LogP contribution in [0.5, 0.6) is 0 Å². The predicted octanol–water partition coefficient (Wildman–Crippen LogP) is 1.73. The van der Waals surface area contributed by atoms with Gasteiger partial charge in [-0.05, 0) is 32.6 Å². The maximum atomic E-state index is 11.7. The standard InChI is InChI=1S/C12H22N2O3/c1-8-6-4-5-7-9(8)13-11(17)14-12(2,3)10(15)16/h8-9H,4-7H2,1-3H3,(H,15,16)(H2,13,14,17). The number of carbonyl (C=O) groups excluding carboxylic acids is 1. The third-order valence-electron chi connectivity index (χ3n) is 3.39. The summed E-state index contributed by atoms with van der Waals surface area (Å²) in [6.07, 6.45) is 4.43. The third kappa shape index (κ3) is 3.91. The molecule has 0 aromatic carbocycles. The van der Waals surface area contributed by atoms with E-state index in [0.29, 0.717) is 5.92 Å². The highest BCUT2D eigenvalue weighted by Crippen LogP contribution is 2.23. The molecule has 1 rings (SSSR count). The van der Waals surface area contributed by atoms with Crippen LogP contribution in [-0.2, 0) is 4.79 Å². The Morgan fingerprint density at radius 2 is 1.82 bits per heavy atom. The molecule has 0 bridgehead atoms. The third-order valence-corrected chi connectivity index (χ3v) is 3.39. The molecule has 1 aliphatic rings. The van der Waals surface area contributed by atoms with Gasteiger partial charge in [-0.1, -0.05) is 19.8 Å². The lowest BCUT2D eigenvalue weighted by molar-refractivity contribution is -0.142. The largest absolute Gasteiger partial charge is 0.480 e. The molecule has 0 heterocycles. The number of urea groups is 1. The zero-order valence-electron chi connectivity index (χ0n) is 10.7. The number of amides is 2. The summed E-state index contributed by atoms with van der Waals surface area (Å²) in [5, 5.41) is 14.2. The number of carbonyl (C=O) groups is 2. The maximum absolute atomic E-state index is 11.7. The molecule has 98 valence electrons. The van der Waals surface area contributed by atoms with Gasteiger partial charge in [-0.25, -0.2) is 9.59 Å². The van der Waals surface area contributed by atoms with Crippen LogP contribution in [0.3, 0.4) is 0 Å². The SMILES string of the molecule is CC1CCCCC1NC(=O)NC(C)(C)C(=O)O. The van der Waals surface area contributed by atoms with Crippen LogP contribution in [0.2, 0.25) is 0 Å². The molecule has 3 N–H and O–H groups in total.